The molecule has 0 aliphatic carbocycles. The number of esters is 1. The number of aliphatic hydroxyl groups excluding tert-OH is 2. The van der Waals surface area contributed by atoms with E-state index in [4.69, 9.17) is 21.4 Å². The summed E-state index contributed by atoms with van der Waals surface area (Å²) in [6, 6.07) is 1.37. The number of likely N-dealkylation sites (N-methyl/N-ethyl adjacent to an activating group) is 1. The second kappa shape index (κ2) is 11.9. The summed E-state index contributed by atoms with van der Waals surface area (Å²) in [5.41, 5.74) is 0.346. The Morgan fingerprint density at radius 3 is 2.31 bits per heavy atom. The van der Waals surface area contributed by atoms with Crippen molar-refractivity contribution in [2.45, 2.75) is 13.0 Å². The topological polar surface area (TPSA) is 124 Å². The van der Waals surface area contributed by atoms with Gasteiger partial charge in [-0.05, 0) is 62.8 Å². The van der Waals surface area contributed by atoms with E-state index in [9.17, 15) is 24.3 Å². The van der Waals surface area contributed by atoms with Crippen LogP contribution in [0.5, 0.6) is 0 Å². The Hall–Kier alpha value is -0.300. The van der Waals surface area contributed by atoms with Crippen molar-refractivity contribution in [3.8, 4) is 0 Å². The summed E-state index contributed by atoms with van der Waals surface area (Å²) in [5, 5.41) is 17.8. The van der Waals surface area contributed by atoms with Crippen LogP contribution in [0.15, 0.2) is 6.07 Å². The molecule has 1 aromatic rings. The lowest BCUT2D eigenvalue weighted by atomic mass is 10.1. The Labute approximate surface area is 212 Å². The highest BCUT2D eigenvalue weighted by molar-refractivity contribution is 14.1. The van der Waals surface area contributed by atoms with E-state index in [2.05, 4.69) is 0 Å². The van der Waals surface area contributed by atoms with Gasteiger partial charge in [-0.15, -0.1) is 0 Å². The van der Waals surface area contributed by atoms with Crippen molar-refractivity contribution < 1.29 is 34.1 Å². The number of rotatable bonds is 8. The van der Waals surface area contributed by atoms with Crippen molar-refractivity contribution in [3.05, 3.63) is 24.3 Å². The van der Waals surface area contributed by atoms with E-state index < -0.39 is 42.3 Å². The van der Waals surface area contributed by atoms with Crippen LogP contribution in [0.2, 0.25) is 0 Å². The lowest BCUT2D eigenvalue weighted by Gasteiger charge is -2.24. The quantitative estimate of drug-likeness (QED) is 0.180. The van der Waals surface area contributed by atoms with E-state index in [0.29, 0.717) is 3.57 Å². The van der Waals surface area contributed by atoms with Crippen LogP contribution < -0.4 is 3.11 Å². The molecule has 0 fully saturated rings. The predicted molar refractivity (Wildman–Crippen MR) is 130 cm³/mol. The zero-order chi connectivity index (χ0) is 22.5. The van der Waals surface area contributed by atoms with Gasteiger partial charge < -0.3 is 19.8 Å². The first kappa shape index (κ1) is 26.7. The van der Waals surface area contributed by atoms with Gasteiger partial charge in [0.1, 0.15) is 0 Å². The maximum absolute atomic E-state index is 13.0. The van der Waals surface area contributed by atoms with E-state index in [0.717, 1.165) is 10.0 Å². The van der Waals surface area contributed by atoms with Gasteiger partial charge in [0, 0.05) is 24.1 Å². The molecule has 9 nitrogen and oxygen atoms in total. The maximum Gasteiger partial charge on any atom is 0.303 e. The number of nitrogens with zero attached hydrogens (tertiary/aromatic N) is 2. The average molecular weight is 764 g/mol. The Morgan fingerprint density at radius 1 is 1.24 bits per heavy atom. The molecule has 1 rings (SSSR count). The van der Waals surface area contributed by atoms with Crippen LogP contribution in [0.25, 0.3) is 0 Å². The third kappa shape index (κ3) is 7.12. The van der Waals surface area contributed by atoms with Gasteiger partial charge in [0.15, 0.2) is 6.61 Å². The highest BCUT2D eigenvalue weighted by atomic mass is 127. The van der Waals surface area contributed by atoms with Gasteiger partial charge in [-0.25, -0.2) is 3.11 Å². The Balaban J connectivity index is 3.46. The predicted octanol–water partition coefficient (Wildman–Crippen LogP) is 1.95. The summed E-state index contributed by atoms with van der Waals surface area (Å²) in [4.78, 5) is 49.3. The molecule has 1 atom stereocenters. The molecule has 0 aliphatic heterocycles. The van der Waals surface area contributed by atoms with E-state index in [1.165, 1.54) is 18.0 Å². The largest absolute Gasteiger partial charge is 0.456 e. The molecule has 0 saturated carbocycles. The summed E-state index contributed by atoms with van der Waals surface area (Å²) in [6.45, 7) is -0.0217. The molecule has 0 saturated heterocycles. The molecule has 2 N–H and O–H groups in total. The fraction of sp³-hybridized carbons (Fsp3) is 0.375. The number of carbonyl (C=O) groups excluding carboxylic acids is 4. The zero-order valence-electron chi connectivity index (χ0n) is 15.1. The first-order valence-electron chi connectivity index (χ1n) is 7.80. The average Bonchev–Trinajstić information content (AvgIpc) is 2.64. The standard InChI is InChI=1S/C16H16ClI3N2O7/c1-7(24)29-6-11(26)22(20)10-3-9(15(17)27)13(18)12(14(10)19)16(28)21(2)4-8(25)5-23/h3,8,23,25H,4-6H2,1-2H3. The van der Waals surface area contributed by atoms with Crippen LogP contribution in [-0.4, -0.2) is 71.0 Å². The Kier molecular flexibility index (Phi) is 11.0. The smallest absolute Gasteiger partial charge is 0.303 e. The van der Waals surface area contributed by atoms with E-state index in [1.54, 1.807) is 22.9 Å². The second-order valence-electron chi connectivity index (χ2n) is 5.70. The maximum atomic E-state index is 13.0. The number of halogens is 4. The molecule has 0 spiro atoms. The van der Waals surface area contributed by atoms with Crippen molar-refractivity contribution in [1.29, 1.82) is 0 Å². The van der Waals surface area contributed by atoms with Crippen molar-refractivity contribution in [1.82, 2.24) is 4.90 Å². The normalized spacial score (nSPS) is 11.6. The van der Waals surface area contributed by atoms with Crippen LogP contribution in [0.4, 0.5) is 5.69 Å². The molecule has 0 aromatic heterocycles. The first-order valence-corrected chi connectivity index (χ1v) is 11.3. The SMILES string of the molecule is CC(=O)OCC(=O)N(I)c1cc(C(=O)Cl)c(I)c(C(=O)N(C)CC(O)CO)c1I. The molecule has 0 bridgehead atoms. The monoisotopic (exact) mass is 764 g/mol. The summed E-state index contributed by atoms with van der Waals surface area (Å²) >= 11 is 11.0. The number of aliphatic hydroxyl groups is 2. The minimum Gasteiger partial charge on any atom is -0.456 e. The lowest BCUT2D eigenvalue weighted by molar-refractivity contribution is -0.145. The lowest BCUT2D eigenvalue weighted by Crippen LogP contribution is -2.37. The molecule has 0 heterocycles. The molecule has 2 amide bonds. The molecule has 13 heteroatoms. The summed E-state index contributed by atoms with van der Waals surface area (Å²) < 4.78 is 6.46. The number of ether oxygens (including phenoxy) is 1. The minimum absolute atomic E-state index is 0.0177. The molecule has 1 aromatic carbocycles. The number of hydrogen-bond donors (Lipinski definition) is 2. The van der Waals surface area contributed by atoms with Gasteiger partial charge in [-0.3, -0.25) is 19.2 Å². The van der Waals surface area contributed by atoms with Gasteiger partial charge in [-0.1, -0.05) is 0 Å². The number of amides is 2. The number of hydrogen-bond acceptors (Lipinski definition) is 7. The van der Waals surface area contributed by atoms with Gasteiger partial charge in [0.05, 0.1) is 56.0 Å². The molecule has 0 aliphatic rings. The van der Waals surface area contributed by atoms with Gasteiger partial charge >= 0.3 is 5.97 Å². The van der Waals surface area contributed by atoms with Crippen LogP contribution in [0.1, 0.15) is 27.6 Å². The molecular formula is C16H16ClI3N2O7. The van der Waals surface area contributed by atoms with Crippen LogP contribution >= 0.6 is 79.6 Å². The van der Waals surface area contributed by atoms with E-state index in [-0.39, 0.29) is 26.9 Å². The first-order chi connectivity index (χ1) is 13.4. The molecular weight excluding hydrogens is 748 g/mol. The van der Waals surface area contributed by atoms with Crippen molar-refractivity contribution >= 4 is 108 Å². The zero-order valence-corrected chi connectivity index (χ0v) is 22.3. The van der Waals surface area contributed by atoms with Gasteiger partial charge in [-0.2, -0.15) is 0 Å². The fourth-order valence-corrected chi connectivity index (χ4v) is 5.70. The summed E-state index contributed by atoms with van der Waals surface area (Å²) in [7, 11) is 1.43. The third-order valence-corrected chi connectivity index (χ3v) is 6.95. The number of benzene rings is 1. The van der Waals surface area contributed by atoms with Gasteiger partial charge in [0.2, 0.25) is 0 Å². The van der Waals surface area contributed by atoms with Crippen LogP contribution in [-0.2, 0) is 14.3 Å². The van der Waals surface area contributed by atoms with Crippen molar-refractivity contribution in [2.24, 2.45) is 0 Å². The van der Waals surface area contributed by atoms with Crippen LogP contribution in [0, 0.1) is 7.14 Å². The van der Waals surface area contributed by atoms with Crippen molar-refractivity contribution in [3.63, 3.8) is 0 Å². The van der Waals surface area contributed by atoms with E-state index >= 15 is 0 Å². The van der Waals surface area contributed by atoms with Gasteiger partial charge in [0.25, 0.3) is 17.1 Å². The number of carbonyl (C=O) groups is 4. The summed E-state index contributed by atoms with van der Waals surface area (Å²) in [5.74, 6) is -1.75. The Morgan fingerprint density at radius 2 is 1.83 bits per heavy atom. The highest BCUT2D eigenvalue weighted by Gasteiger charge is 2.29. The number of anilines is 1. The third-order valence-electron chi connectivity index (χ3n) is 3.48. The second-order valence-corrected chi connectivity index (χ2v) is 9.16. The molecule has 160 valence electrons. The summed E-state index contributed by atoms with van der Waals surface area (Å²) in [6.07, 6.45) is -1.14. The molecule has 1 unspecified atom stereocenters. The van der Waals surface area contributed by atoms with Crippen LogP contribution in [0.3, 0.4) is 0 Å². The minimum atomic E-state index is -1.14. The molecule has 0 radical (unpaired) electrons. The highest BCUT2D eigenvalue weighted by Crippen LogP contribution is 2.35. The Bertz CT molecular complexity index is 837. The van der Waals surface area contributed by atoms with E-state index in [1.807, 2.05) is 45.2 Å². The molecule has 29 heavy (non-hydrogen) atoms. The van der Waals surface area contributed by atoms with Crippen molar-refractivity contribution in [2.75, 3.05) is 29.9 Å². The fourth-order valence-electron chi connectivity index (χ4n) is 2.10.